The van der Waals surface area contributed by atoms with E-state index in [-0.39, 0.29) is 17.1 Å². The van der Waals surface area contributed by atoms with Gasteiger partial charge < -0.3 is 4.55 Å². The minimum Gasteiger partial charge on any atom is -0.741 e. The Kier molecular flexibility index (Phi) is 11.2. The molecule has 8 heteroatoms. The molecule has 0 amide bonds. The molecule has 1 aliphatic carbocycles. The van der Waals surface area contributed by atoms with Gasteiger partial charge in [-0.05, 0) is 6.92 Å². The molecular formula is C13H13F3FeO3S. The van der Waals surface area contributed by atoms with E-state index in [4.69, 9.17) is 13.0 Å². The summed E-state index contributed by atoms with van der Waals surface area (Å²) in [5, 5.41) is 0. The Bertz CT molecular complexity index is 528. The van der Waals surface area contributed by atoms with Gasteiger partial charge >= 0.3 is 22.6 Å². The summed E-state index contributed by atoms with van der Waals surface area (Å²) in [5.41, 5.74) is -4.32. The van der Waals surface area contributed by atoms with Crippen LogP contribution in [-0.2, 0) is 27.2 Å². The number of aryl methyl sites for hydroxylation is 1. The third-order valence-corrected chi connectivity index (χ3v) is 2.38. The van der Waals surface area contributed by atoms with Crippen molar-refractivity contribution in [1.29, 1.82) is 0 Å². The maximum Gasteiger partial charge on any atom is 2.00 e. The van der Waals surface area contributed by atoms with Gasteiger partial charge in [0.2, 0.25) is 0 Å². The van der Waals surface area contributed by atoms with Crippen molar-refractivity contribution in [3.05, 3.63) is 60.2 Å². The molecule has 2 rings (SSSR count). The Morgan fingerprint density at radius 3 is 1.81 bits per heavy atom. The van der Waals surface area contributed by atoms with Crippen LogP contribution in [0.1, 0.15) is 12.0 Å². The van der Waals surface area contributed by atoms with Crippen molar-refractivity contribution in [2.24, 2.45) is 0 Å². The van der Waals surface area contributed by atoms with Gasteiger partial charge in [0.05, 0.1) is 0 Å². The van der Waals surface area contributed by atoms with Crippen LogP contribution in [0.4, 0.5) is 13.2 Å². The Morgan fingerprint density at radius 2 is 1.67 bits per heavy atom. The second kappa shape index (κ2) is 10.6. The molecule has 3 nitrogen and oxygen atoms in total. The molecule has 21 heavy (non-hydrogen) atoms. The molecule has 0 spiro atoms. The van der Waals surface area contributed by atoms with Crippen molar-refractivity contribution in [3.63, 3.8) is 0 Å². The van der Waals surface area contributed by atoms with Gasteiger partial charge in [-0.3, -0.25) is 6.08 Å². The maximum absolute atomic E-state index is 10.7. The molecule has 0 aromatic heterocycles. The minimum atomic E-state index is -6.09. The molecule has 0 radical (unpaired) electrons. The SMILES string of the molecule is Cc1ccccc1.O=S(=O)([O-])C(F)(F)F.[C-]1=CC=CC1.[Fe+2]. The number of hydrogen-bond acceptors (Lipinski definition) is 3. The van der Waals surface area contributed by atoms with Crippen LogP contribution in [0.25, 0.3) is 0 Å². The van der Waals surface area contributed by atoms with E-state index in [1.165, 1.54) is 5.56 Å². The first-order chi connectivity index (χ1) is 9.14. The first kappa shape index (κ1) is 22.2. The molecule has 0 bridgehead atoms. The van der Waals surface area contributed by atoms with Crippen LogP contribution < -0.4 is 0 Å². The summed E-state index contributed by atoms with van der Waals surface area (Å²) in [6.45, 7) is 2.08. The van der Waals surface area contributed by atoms with Crippen molar-refractivity contribution in [3.8, 4) is 0 Å². The first-order valence-corrected chi connectivity index (χ1v) is 6.81. The normalized spacial score (nSPS) is 12.4. The van der Waals surface area contributed by atoms with Gasteiger partial charge in [-0.25, -0.2) is 20.6 Å². The van der Waals surface area contributed by atoms with Gasteiger partial charge in [-0.1, -0.05) is 35.9 Å². The quantitative estimate of drug-likeness (QED) is 0.308. The Balaban J connectivity index is 0. The molecular weight excluding hydrogens is 349 g/mol. The average molecular weight is 362 g/mol. The molecule has 0 heterocycles. The van der Waals surface area contributed by atoms with Crippen molar-refractivity contribution in [1.82, 2.24) is 0 Å². The van der Waals surface area contributed by atoms with Gasteiger partial charge in [-0.15, -0.1) is 6.42 Å². The summed E-state index contributed by atoms with van der Waals surface area (Å²) in [6, 6.07) is 10.3. The van der Waals surface area contributed by atoms with E-state index in [1.807, 2.05) is 30.4 Å². The monoisotopic (exact) mass is 362 g/mol. The largest absolute Gasteiger partial charge is 2.00 e. The Hall–Kier alpha value is -1.08. The molecule has 0 aliphatic heterocycles. The standard InChI is InChI=1S/C7H8.C5H5.CHF3O3S.Fe/c1-7-5-3-2-4-6-7;1-2-4-5-3-1;2-1(3,4)8(5,6)7;/h2-6H,1H3;1-3H,4H2;(H,5,6,7);/q;-1;;+2/p-1. The smallest absolute Gasteiger partial charge is 0.741 e. The third-order valence-electron chi connectivity index (χ3n) is 1.81. The van der Waals surface area contributed by atoms with Crippen LogP contribution in [0.2, 0.25) is 0 Å². The molecule has 0 fully saturated rings. The van der Waals surface area contributed by atoms with Gasteiger partial charge in [-0.2, -0.15) is 19.2 Å². The number of allylic oxidation sites excluding steroid dienone is 4. The molecule has 0 saturated carbocycles. The predicted octanol–water partition coefficient (Wildman–Crippen LogP) is 3.35. The molecule has 0 atom stereocenters. The van der Waals surface area contributed by atoms with E-state index in [0.29, 0.717) is 0 Å². The van der Waals surface area contributed by atoms with E-state index in [0.717, 1.165) is 6.42 Å². The van der Waals surface area contributed by atoms with Crippen molar-refractivity contribution < 1.29 is 43.2 Å². The number of alkyl halides is 3. The molecule has 0 N–H and O–H groups in total. The summed E-state index contributed by atoms with van der Waals surface area (Å²) < 4.78 is 58.9. The fourth-order valence-corrected chi connectivity index (χ4v) is 0.875. The fraction of sp³-hybridized carbons (Fsp3) is 0.231. The zero-order valence-electron chi connectivity index (χ0n) is 10.9. The molecule has 1 aliphatic rings. The van der Waals surface area contributed by atoms with Crippen LogP contribution in [0.5, 0.6) is 0 Å². The minimum absolute atomic E-state index is 0. The zero-order chi connectivity index (χ0) is 15.6. The van der Waals surface area contributed by atoms with Gasteiger partial charge in [0, 0.05) is 0 Å². The van der Waals surface area contributed by atoms with Gasteiger partial charge in [0.25, 0.3) is 0 Å². The molecule has 0 saturated heterocycles. The summed E-state index contributed by atoms with van der Waals surface area (Å²) in [5.74, 6) is 0. The number of halogens is 3. The number of benzene rings is 1. The molecule has 0 unspecified atom stereocenters. The Labute approximate surface area is 132 Å². The topological polar surface area (TPSA) is 57.2 Å². The summed E-state index contributed by atoms with van der Waals surface area (Å²) in [7, 11) is -6.09. The van der Waals surface area contributed by atoms with E-state index < -0.39 is 15.6 Å². The van der Waals surface area contributed by atoms with E-state index in [1.54, 1.807) is 0 Å². The van der Waals surface area contributed by atoms with Crippen LogP contribution in [0, 0.1) is 13.0 Å². The predicted molar refractivity (Wildman–Crippen MR) is 68.5 cm³/mol. The third kappa shape index (κ3) is 12.4. The average Bonchev–Trinajstić information content (AvgIpc) is 2.86. The van der Waals surface area contributed by atoms with Gasteiger partial charge in [0.15, 0.2) is 10.1 Å². The van der Waals surface area contributed by atoms with E-state index in [9.17, 15) is 13.2 Å². The van der Waals surface area contributed by atoms with E-state index >= 15 is 0 Å². The first-order valence-electron chi connectivity index (χ1n) is 5.40. The molecule has 1 aromatic rings. The zero-order valence-corrected chi connectivity index (χ0v) is 12.9. The van der Waals surface area contributed by atoms with Crippen molar-refractivity contribution >= 4 is 10.1 Å². The van der Waals surface area contributed by atoms with Crippen molar-refractivity contribution in [2.45, 2.75) is 18.9 Å². The van der Waals surface area contributed by atoms with Crippen LogP contribution in [-0.4, -0.2) is 18.5 Å². The summed E-state index contributed by atoms with van der Waals surface area (Å²) in [6.07, 6.45) is 10.0. The van der Waals surface area contributed by atoms with E-state index in [2.05, 4.69) is 31.2 Å². The van der Waals surface area contributed by atoms with Gasteiger partial charge in [0.1, 0.15) is 0 Å². The molecule has 118 valence electrons. The molecule has 1 aromatic carbocycles. The van der Waals surface area contributed by atoms with Crippen molar-refractivity contribution in [2.75, 3.05) is 0 Å². The summed E-state index contributed by atoms with van der Waals surface area (Å²) in [4.78, 5) is 0. The Morgan fingerprint density at radius 1 is 1.19 bits per heavy atom. The number of rotatable bonds is 0. The maximum atomic E-state index is 10.7. The second-order valence-electron chi connectivity index (χ2n) is 3.56. The second-order valence-corrected chi connectivity index (χ2v) is 4.93. The summed E-state index contributed by atoms with van der Waals surface area (Å²) >= 11 is 0. The van der Waals surface area contributed by atoms with Crippen LogP contribution >= 0.6 is 0 Å². The fourth-order valence-electron chi connectivity index (χ4n) is 0.875. The van der Waals surface area contributed by atoms with Crippen LogP contribution in [0.15, 0.2) is 48.6 Å². The van der Waals surface area contributed by atoms with Crippen LogP contribution in [0.3, 0.4) is 0 Å². The number of hydrogen-bond donors (Lipinski definition) is 0.